The number of nitrogens with zero attached hydrogens (tertiary/aromatic N) is 1. The summed E-state index contributed by atoms with van der Waals surface area (Å²) in [7, 11) is 0. The van der Waals surface area contributed by atoms with Crippen molar-refractivity contribution in [1.29, 1.82) is 0 Å². The van der Waals surface area contributed by atoms with E-state index in [2.05, 4.69) is 11.8 Å². The van der Waals surface area contributed by atoms with Crippen LogP contribution >= 0.6 is 0 Å². The van der Waals surface area contributed by atoms with E-state index < -0.39 is 5.82 Å². The third kappa shape index (κ3) is 3.82. The first-order valence-electron chi connectivity index (χ1n) is 6.84. The molecular formula is C16H21FN2O. The zero-order valence-corrected chi connectivity index (χ0v) is 12.2. The van der Waals surface area contributed by atoms with E-state index in [1.165, 1.54) is 12.1 Å². The van der Waals surface area contributed by atoms with Gasteiger partial charge in [-0.05, 0) is 38.5 Å². The highest BCUT2D eigenvalue weighted by molar-refractivity contribution is 5.95. The molecule has 3 nitrogen and oxygen atoms in total. The normalized spacial score (nSPS) is 11.4. The van der Waals surface area contributed by atoms with E-state index in [1.807, 2.05) is 20.8 Å². The van der Waals surface area contributed by atoms with Crippen molar-refractivity contribution in [2.24, 2.45) is 5.73 Å². The van der Waals surface area contributed by atoms with Crippen molar-refractivity contribution >= 4 is 5.91 Å². The Morgan fingerprint density at radius 1 is 1.45 bits per heavy atom. The Bertz CT molecular complexity index is 531. The van der Waals surface area contributed by atoms with Gasteiger partial charge in [-0.25, -0.2) is 4.39 Å². The third-order valence-electron chi connectivity index (χ3n) is 3.26. The zero-order valence-electron chi connectivity index (χ0n) is 12.2. The van der Waals surface area contributed by atoms with Crippen LogP contribution in [0.2, 0.25) is 0 Å². The Morgan fingerprint density at radius 2 is 2.15 bits per heavy atom. The molecular weight excluding hydrogens is 255 g/mol. The average molecular weight is 276 g/mol. The molecule has 1 rings (SSSR count). The summed E-state index contributed by atoms with van der Waals surface area (Å²) in [5, 5.41) is 0. The van der Waals surface area contributed by atoms with Crippen molar-refractivity contribution in [3.05, 3.63) is 35.1 Å². The fourth-order valence-corrected chi connectivity index (χ4v) is 1.95. The molecule has 0 radical (unpaired) electrons. The molecule has 0 heterocycles. The quantitative estimate of drug-likeness (QED) is 0.858. The molecule has 0 aromatic heterocycles. The van der Waals surface area contributed by atoms with E-state index in [4.69, 9.17) is 5.73 Å². The largest absolute Gasteiger partial charge is 0.336 e. The molecule has 0 aliphatic heterocycles. The third-order valence-corrected chi connectivity index (χ3v) is 3.26. The lowest BCUT2D eigenvalue weighted by Crippen LogP contribution is -2.38. The minimum atomic E-state index is -0.518. The summed E-state index contributed by atoms with van der Waals surface area (Å²) in [5.41, 5.74) is 5.97. The predicted octanol–water partition coefficient (Wildman–Crippen LogP) is 2.40. The van der Waals surface area contributed by atoms with Gasteiger partial charge < -0.3 is 10.6 Å². The highest BCUT2D eigenvalue weighted by Gasteiger charge is 2.21. The van der Waals surface area contributed by atoms with E-state index in [0.717, 1.165) is 6.42 Å². The standard InChI is InChI=1S/C16H21FN2O/c1-4-12(3)19(5-2)16(20)14-11-13(7-6-10-18)8-9-15(14)17/h8-9,11-12H,4-5,10,18H2,1-3H3. The second kappa shape index (κ2) is 7.66. The molecule has 1 amide bonds. The van der Waals surface area contributed by atoms with Crippen molar-refractivity contribution < 1.29 is 9.18 Å². The number of halogens is 1. The lowest BCUT2D eigenvalue weighted by atomic mass is 10.1. The molecule has 0 saturated heterocycles. The van der Waals surface area contributed by atoms with Gasteiger partial charge in [0.15, 0.2) is 0 Å². The lowest BCUT2D eigenvalue weighted by molar-refractivity contribution is 0.0695. The molecule has 108 valence electrons. The molecule has 0 saturated carbocycles. The van der Waals surface area contributed by atoms with Crippen LogP contribution in [0.15, 0.2) is 18.2 Å². The lowest BCUT2D eigenvalue weighted by Gasteiger charge is -2.27. The predicted molar refractivity (Wildman–Crippen MR) is 78.8 cm³/mol. The van der Waals surface area contributed by atoms with Crippen LogP contribution < -0.4 is 5.73 Å². The number of nitrogens with two attached hydrogens (primary N) is 1. The van der Waals surface area contributed by atoms with Crippen LogP contribution in [-0.4, -0.2) is 29.9 Å². The minimum Gasteiger partial charge on any atom is -0.336 e. The topological polar surface area (TPSA) is 46.3 Å². The Kier molecular flexibility index (Phi) is 6.20. The van der Waals surface area contributed by atoms with E-state index in [-0.39, 0.29) is 24.1 Å². The molecule has 0 aliphatic rings. The van der Waals surface area contributed by atoms with Crippen LogP contribution in [0, 0.1) is 17.7 Å². The van der Waals surface area contributed by atoms with Gasteiger partial charge in [0.2, 0.25) is 0 Å². The molecule has 0 bridgehead atoms. The van der Waals surface area contributed by atoms with Gasteiger partial charge in [0, 0.05) is 18.2 Å². The number of carbonyl (C=O) groups excluding carboxylic acids is 1. The Hall–Kier alpha value is -1.86. The molecule has 4 heteroatoms. The van der Waals surface area contributed by atoms with Gasteiger partial charge in [-0.15, -0.1) is 0 Å². The number of rotatable bonds is 4. The SMILES string of the molecule is CCC(C)N(CC)C(=O)c1cc(C#CCN)ccc1F. The number of amides is 1. The van der Waals surface area contributed by atoms with Crippen molar-refractivity contribution in [3.8, 4) is 11.8 Å². The Morgan fingerprint density at radius 3 is 2.70 bits per heavy atom. The summed E-state index contributed by atoms with van der Waals surface area (Å²) < 4.78 is 13.9. The van der Waals surface area contributed by atoms with Crippen molar-refractivity contribution in [3.63, 3.8) is 0 Å². The first-order valence-corrected chi connectivity index (χ1v) is 6.84. The van der Waals surface area contributed by atoms with Gasteiger partial charge in [0.25, 0.3) is 5.91 Å². The smallest absolute Gasteiger partial charge is 0.257 e. The summed E-state index contributed by atoms with van der Waals surface area (Å²) in [6.45, 7) is 6.62. The Balaban J connectivity index is 3.13. The summed E-state index contributed by atoms with van der Waals surface area (Å²) in [6.07, 6.45) is 0.827. The van der Waals surface area contributed by atoms with E-state index in [1.54, 1.807) is 11.0 Å². The van der Waals surface area contributed by atoms with Gasteiger partial charge in [0.1, 0.15) is 5.82 Å². The fraction of sp³-hybridized carbons (Fsp3) is 0.438. The van der Waals surface area contributed by atoms with Crippen LogP contribution in [0.1, 0.15) is 43.1 Å². The summed E-state index contributed by atoms with van der Waals surface area (Å²) in [6, 6.07) is 4.39. The molecule has 1 aromatic rings. The second-order valence-electron chi connectivity index (χ2n) is 4.55. The highest BCUT2D eigenvalue weighted by Crippen LogP contribution is 2.15. The zero-order chi connectivity index (χ0) is 15.1. The molecule has 1 aromatic carbocycles. The van der Waals surface area contributed by atoms with E-state index in [9.17, 15) is 9.18 Å². The van der Waals surface area contributed by atoms with Crippen LogP contribution in [0.3, 0.4) is 0 Å². The van der Waals surface area contributed by atoms with E-state index in [0.29, 0.717) is 12.1 Å². The molecule has 0 fully saturated rings. The number of hydrogen-bond donors (Lipinski definition) is 1. The molecule has 20 heavy (non-hydrogen) atoms. The molecule has 2 N–H and O–H groups in total. The summed E-state index contributed by atoms with van der Waals surface area (Å²) >= 11 is 0. The fourth-order valence-electron chi connectivity index (χ4n) is 1.95. The van der Waals surface area contributed by atoms with Crippen LogP contribution in [0.25, 0.3) is 0 Å². The van der Waals surface area contributed by atoms with E-state index >= 15 is 0 Å². The van der Waals surface area contributed by atoms with Crippen LogP contribution in [0.5, 0.6) is 0 Å². The van der Waals surface area contributed by atoms with Gasteiger partial charge in [-0.2, -0.15) is 0 Å². The van der Waals surface area contributed by atoms with Crippen LogP contribution in [0.4, 0.5) is 4.39 Å². The first-order chi connectivity index (χ1) is 9.54. The molecule has 0 aliphatic carbocycles. The number of hydrogen-bond acceptors (Lipinski definition) is 2. The van der Waals surface area contributed by atoms with Gasteiger partial charge in [-0.1, -0.05) is 18.8 Å². The number of carbonyl (C=O) groups is 1. The highest BCUT2D eigenvalue weighted by atomic mass is 19.1. The average Bonchev–Trinajstić information content (AvgIpc) is 2.46. The maximum atomic E-state index is 13.9. The maximum absolute atomic E-state index is 13.9. The molecule has 1 atom stereocenters. The first kappa shape index (κ1) is 16.2. The van der Waals surface area contributed by atoms with Crippen LogP contribution in [-0.2, 0) is 0 Å². The summed E-state index contributed by atoms with van der Waals surface area (Å²) in [4.78, 5) is 14.1. The monoisotopic (exact) mass is 276 g/mol. The Labute approximate surface area is 120 Å². The maximum Gasteiger partial charge on any atom is 0.257 e. The molecule has 1 unspecified atom stereocenters. The van der Waals surface area contributed by atoms with Gasteiger partial charge >= 0.3 is 0 Å². The molecule has 0 spiro atoms. The second-order valence-corrected chi connectivity index (χ2v) is 4.55. The minimum absolute atomic E-state index is 0.0657. The van der Waals surface area contributed by atoms with Crippen molar-refractivity contribution in [1.82, 2.24) is 4.90 Å². The summed E-state index contributed by atoms with van der Waals surface area (Å²) in [5.74, 6) is 4.70. The van der Waals surface area contributed by atoms with Crippen molar-refractivity contribution in [2.75, 3.05) is 13.1 Å². The van der Waals surface area contributed by atoms with Gasteiger partial charge in [-0.3, -0.25) is 4.79 Å². The van der Waals surface area contributed by atoms with Gasteiger partial charge in [0.05, 0.1) is 12.1 Å². The van der Waals surface area contributed by atoms with Crippen molar-refractivity contribution in [2.45, 2.75) is 33.2 Å². The number of benzene rings is 1.